The number of nitrogens with two attached hydrogens (primary N) is 1. The highest BCUT2D eigenvalue weighted by atomic mass is 19.4. The molecule has 2 amide bonds. The van der Waals surface area contributed by atoms with Gasteiger partial charge in [0.2, 0.25) is 5.91 Å². The van der Waals surface area contributed by atoms with Crippen molar-refractivity contribution in [2.75, 3.05) is 23.4 Å². The van der Waals surface area contributed by atoms with Crippen LogP contribution in [0.3, 0.4) is 0 Å². The molecular weight excluding hydrogens is 419 g/mol. The lowest BCUT2D eigenvalue weighted by Gasteiger charge is -2.22. The lowest BCUT2D eigenvalue weighted by atomic mass is 10.1. The fourth-order valence-electron chi connectivity index (χ4n) is 3.61. The van der Waals surface area contributed by atoms with E-state index in [1.807, 2.05) is 0 Å². The molecule has 2 atom stereocenters. The summed E-state index contributed by atoms with van der Waals surface area (Å²) in [6.45, 7) is 2.99. The van der Waals surface area contributed by atoms with Crippen LogP contribution in [-0.2, 0) is 16.1 Å². The van der Waals surface area contributed by atoms with Crippen LogP contribution in [0, 0.1) is 6.92 Å². The van der Waals surface area contributed by atoms with Crippen molar-refractivity contribution in [3.05, 3.63) is 23.9 Å². The monoisotopic (exact) mass is 439 g/mol. The molecule has 0 aliphatic carbocycles. The molecule has 0 bridgehead atoms. The summed E-state index contributed by atoms with van der Waals surface area (Å²) in [5.41, 5.74) is 6.79. The van der Waals surface area contributed by atoms with E-state index in [2.05, 4.69) is 15.0 Å². The number of imidazole rings is 1. The van der Waals surface area contributed by atoms with Crippen LogP contribution in [0.1, 0.15) is 12.6 Å². The standard InChI is InChI=1S/C19H20F3N5O4/c1-9(15(23)28)24-11-3-4-12-13(7-11)30-6-5-26-10(2)16(25-17(12)26)27-14(19(20,21)22)8-31-18(27)29/h3-4,7,9,14,24H,5-6,8H2,1-2H3,(H2,23,28)/t9-,14-/m0/s1. The Labute approximate surface area is 174 Å². The molecule has 2 aromatic rings. The fourth-order valence-corrected chi connectivity index (χ4v) is 3.61. The molecule has 31 heavy (non-hydrogen) atoms. The van der Waals surface area contributed by atoms with Crippen LogP contribution in [-0.4, -0.2) is 53.0 Å². The zero-order valence-corrected chi connectivity index (χ0v) is 16.7. The van der Waals surface area contributed by atoms with Crippen LogP contribution in [0.15, 0.2) is 18.2 Å². The summed E-state index contributed by atoms with van der Waals surface area (Å²) in [7, 11) is 0. The van der Waals surface area contributed by atoms with Crippen molar-refractivity contribution in [1.82, 2.24) is 9.55 Å². The van der Waals surface area contributed by atoms with E-state index in [9.17, 15) is 22.8 Å². The highest BCUT2D eigenvalue weighted by molar-refractivity contribution is 5.91. The molecule has 0 spiro atoms. The van der Waals surface area contributed by atoms with Crippen LogP contribution in [0.2, 0.25) is 0 Å². The van der Waals surface area contributed by atoms with E-state index in [4.69, 9.17) is 10.5 Å². The zero-order valence-electron chi connectivity index (χ0n) is 16.7. The molecule has 0 saturated carbocycles. The minimum atomic E-state index is -4.65. The van der Waals surface area contributed by atoms with E-state index >= 15 is 0 Å². The van der Waals surface area contributed by atoms with Gasteiger partial charge in [-0.2, -0.15) is 13.2 Å². The summed E-state index contributed by atoms with van der Waals surface area (Å²) in [4.78, 5) is 28.3. The van der Waals surface area contributed by atoms with Gasteiger partial charge in [0, 0.05) is 11.8 Å². The van der Waals surface area contributed by atoms with Crippen molar-refractivity contribution >= 4 is 23.5 Å². The number of carbonyl (C=O) groups is 2. The number of fused-ring (bicyclic) bond motifs is 3. The predicted molar refractivity (Wildman–Crippen MR) is 104 cm³/mol. The number of carbonyl (C=O) groups excluding carboxylic acids is 2. The Balaban J connectivity index is 1.75. The van der Waals surface area contributed by atoms with Gasteiger partial charge in [-0.05, 0) is 26.0 Å². The van der Waals surface area contributed by atoms with Crippen molar-refractivity contribution in [3.8, 4) is 17.1 Å². The van der Waals surface area contributed by atoms with Crippen molar-refractivity contribution in [1.29, 1.82) is 0 Å². The fraction of sp³-hybridized carbons (Fsp3) is 0.421. The number of aromatic nitrogens is 2. The lowest BCUT2D eigenvalue weighted by molar-refractivity contribution is -0.147. The molecule has 1 aromatic carbocycles. The van der Waals surface area contributed by atoms with Gasteiger partial charge in [0.25, 0.3) is 0 Å². The van der Waals surface area contributed by atoms with Crippen LogP contribution >= 0.6 is 0 Å². The Hall–Kier alpha value is -3.44. The molecule has 1 fully saturated rings. The van der Waals surface area contributed by atoms with Crippen molar-refractivity contribution in [2.45, 2.75) is 38.7 Å². The average Bonchev–Trinajstić information content (AvgIpc) is 3.16. The Bertz CT molecular complexity index is 1050. The Morgan fingerprint density at radius 3 is 2.77 bits per heavy atom. The zero-order chi connectivity index (χ0) is 22.5. The molecule has 1 saturated heterocycles. The maximum Gasteiger partial charge on any atom is 0.416 e. The third-order valence-electron chi connectivity index (χ3n) is 5.28. The molecule has 12 heteroatoms. The van der Waals surface area contributed by atoms with Crippen LogP contribution in [0.5, 0.6) is 5.75 Å². The number of nitrogens with one attached hydrogen (secondary N) is 1. The molecule has 1 aromatic heterocycles. The molecular formula is C19H20F3N5O4. The number of cyclic esters (lactones) is 1. The van der Waals surface area contributed by atoms with Crippen LogP contribution < -0.4 is 20.7 Å². The predicted octanol–water partition coefficient (Wildman–Crippen LogP) is 2.42. The smallest absolute Gasteiger partial charge is 0.416 e. The number of hydrogen-bond acceptors (Lipinski definition) is 6. The number of halogens is 3. The number of rotatable bonds is 4. The molecule has 3 heterocycles. The molecule has 0 radical (unpaired) electrons. The first-order chi connectivity index (χ1) is 14.6. The second-order valence-electron chi connectivity index (χ2n) is 7.33. The molecule has 166 valence electrons. The summed E-state index contributed by atoms with van der Waals surface area (Å²) in [6, 6.07) is 2.32. The van der Waals surface area contributed by atoms with Gasteiger partial charge < -0.3 is 25.1 Å². The highest BCUT2D eigenvalue weighted by Gasteiger charge is 2.53. The molecule has 0 unspecified atom stereocenters. The van der Waals surface area contributed by atoms with Gasteiger partial charge >= 0.3 is 12.3 Å². The summed E-state index contributed by atoms with van der Waals surface area (Å²) in [6.07, 6.45) is -5.74. The number of anilines is 2. The first-order valence-electron chi connectivity index (χ1n) is 9.51. The number of ether oxygens (including phenoxy) is 2. The minimum absolute atomic E-state index is 0.0998. The van der Waals surface area contributed by atoms with Crippen molar-refractivity contribution < 1.29 is 32.2 Å². The van der Waals surface area contributed by atoms with Crippen molar-refractivity contribution in [3.63, 3.8) is 0 Å². The van der Waals surface area contributed by atoms with E-state index in [-0.39, 0.29) is 12.4 Å². The lowest BCUT2D eigenvalue weighted by Crippen LogP contribution is -2.44. The van der Waals surface area contributed by atoms with Gasteiger partial charge in [-0.15, -0.1) is 0 Å². The number of primary amides is 1. The van der Waals surface area contributed by atoms with Gasteiger partial charge in [0.05, 0.1) is 17.8 Å². The number of alkyl halides is 3. The second-order valence-corrected chi connectivity index (χ2v) is 7.33. The van der Waals surface area contributed by atoms with E-state index in [0.29, 0.717) is 40.0 Å². The Morgan fingerprint density at radius 1 is 1.35 bits per heavy atom. The van der Waals surface area contributed by atoms with Gasteiger partial charge in [-0.1, -0.05) is 0 Å². The summed E-state index contributed by atoms with van der Waals surface area (Å²) >= 11 is 0. The minimum Gasteiger partial charge on any atom is -0.491 e. The van der Waals surface area contributed by atoms with E-state index in [1.54, 1.807) is 36.6 Å². The number of benzene rings is 1. The van der Waals surface area contributed by atoms with Crippen LogP contribution in [0.25, 0.3) is 11.4 Å². The summed E-state index contributed by atoms with van der Waals surface area (Å²) in [5.74, 6) is 0.184. The van der Waals surface area contributed by atoms with E-state index in [1.165, 1.54) is 0 Å². The first kappa shape index (κ1) is 20.8. The number of amides is 2. The van der Waals surface area contributed by atoms with Crippen molar-refractivity contribution in [2.24, 2.45) is 5.73 Å². The average molecular weight is 439 g/mol. The summed E-state index contributed by atoms with van der Waals surface area (Å²) < 4.78 is 52.4. The maximum absolute atomic E-state index is 13.4. The Morgan fingerprint density at radius 2 is 2.10 bits per heavy atom. The first-order valence-corrected chi connectivity index (χ1v) is 9.51. The molecule has 4 rings (SSSR count). The van der Waals surface area contributed by atoms with Crippen LogP contribution in [0.4, 0.5) is 29.5 Å². The quantitative estimate of drug-likeness (QED) is 0.757. The molecule has 9 nitrogen and oxygen atoms in total. The van der Waals surface area contributed by atoms with Gasteiger partial charge in [-0.3, -0.25) is 4.79 Å². The maximum atomic E-state index is 13.4. The van der Waals surface area contributed by atoms with Gasteiger partial charge in [0.15, 0.2) is 11.9 Å². The van der Waals surface area contributed by atoms with E-state index < -0.39 is 36.9 Å². The topological polar surface area (TPSA) is 112 Å². The molecule has 2 aliphatic rings. The van der Waals surface area contributed by atoms with Gasteiger partial charge in [-0.25, -0.2) is 14.7 Å². The molecule has 2 aliphatic heterocycles. The normalized spacial score (nSPS) is 19.1. The summed E-state index contributed by atoms with van der Waals surface area (Å²) in [5, 5.41) is 2.95. The highest BCUT2D eigenvalue weighted by Crippen LogP contribution is 2.40. The van der Waals surface area contributed by atoms with Gasteiger partial charge in [0.1, 0.15) is 30.8 Å². The largest absolute Gasteiger partial charge is 0.491 e. The Kier molecular flexibility index (Phi) is 4.94. The SMILES string of the molecule is Cc1c(N2C(=O)OC[C@H]2C(F)(F)F)nc2n1CCOc1cc(N[C@@H](C)C(N)=O)ccc1-2. The third kappa shape index (κ3) is 3.62. The molecule has 3 N–H and O–H groups in total. The number of hydrogen-bond donors (Lipinski definition) is 2. The second kappa shape index (κ2) is 7.36. The van der Waals surface area contributed by atoms with E-state index in [0.717, 1.165) is 0 Å². The number of nitrogens with zero attached hydrogens (tertiary/aromatic N) is 3. The third-order valence-corrected chi connectivity index (χ3v) is 5.28.